The summed E-state index contributed by atoms with van der Waals surface area (Å²) in [5.74, 6) is 2.27. The number of ether oxygens (including phenoxy) is 2. The van der Waals surface area contributed by atoms with Crippen LogP contribution in [-0.4, -0.2) is 33.7 Å². The minimum absolute atomic E-state index is 0.0894. The van der Waals surface area contributed by atoms with Crippen LogP contribution < -0.4 is 14.8 Å². The molecule has 0 saturated heterocycles. The van der Waals surface area contributed by atoms with Crippen LogP contribution in [0.25, 0.3) is 0 Å². The lowest BCUT2D eigenvalue weighted by atomic mass is 10.1. The zero-order valence-electron chi connectivity index (χ0n) is 13.9. The summed E-state index contributed by atoms with van der Waals surface area (Å²) >= 11 is 0. The third-order valence-electron chi connectivity index (χ3n) is 4.56. The molecule has 0 saturated carbocycles. The molecule has 2 aliphatic rings. The molecule has 24 heavy (non-hydrogen) atoms. The van der Waals surface area contributed by atoms with Gasteiger partial charge in [-0.2, -0.15) is 0 Å². The molecule has 6 nitrogen and oxygen atoms in total. The number of nitrogens with zero attached hydrogens (tertiary/aromatic N) is 2. The molecule has 3 atom stereocenters. The quantitative estimate of drug-likeness (QED) is 0.914. The van der Waals surface area contributed by atoms with Crippen molar-refractivity contribution in [1.82, 2.24) is 14.9 Å². The van der Waals surface area contributed by atoms with E-state index in [1.807, 2.05) is 44.3 Å². The number of imidazole rings is 1. The van der Waals surface area contributed by atoms with E-state index in [0.29, 0.717) is 11.5 Å². The Morgan fingerprint density at radius 3 is 2.83 bits per heavy atom. The Balaban J connectivity index is 1.43. The SMILES string of the molecule is Cc1cn2c(n1)CC[C@H](NC(=O)[C@@H]1Oc3ccccc3O[C@H]1C)C2. The molecule has 1 aromatic heterocycles. The van der Waals surface area contributed by atoms with Crippen molar-refractivity contribution < 1.29 is 14.3 Å². The molecule has 4 rings (SSSR count). The van der Waals surface area contributed by atoms with Crippen molar-refractivity contribution >= 4 is 5.91 Å². The molecule has 2 aliphatic heterocycles. The minimum Gasteiger partial charge on any atom is -0.482 e. The van der Waals surface area contributed by atoms with Crippen molar-refractivity contribution in [2.45, 2.75) is 51.5 Å². The first-order valence-electron chi connectivity index (χ1n) is 8.35. The monoisotopic (exact) mass is 327 g/mol. The van der Waals surface area contributed by atoms with Crippen LogP contribution >= 0.6 is 0 Å². The van der Waals surface area contributed by atoms with Crippen molar-refractivity contribution in [2.24, 2.45) is 0 Å². The van der Waals surface area contributed by atoms with Crippen LogP contribution in [0, 0.1) is 6.92 Å². The van der Waals surface area contributed by atoms with Crippen LogP contribution in [0.1, 0.15) is 24.9 Å². The number of nitrogens with one attached hydrogen (secondary N) is 1. The summed E-state index contributed by atoms with van der Waals surface area (Å²) in [6.45, 7) is 4.60. The second-order valence-corrected chi connectivity index (χ2v) is 6.50. The topological polar surface area (TPSA) is 65.4 Å². The first-order chi connectivity index (χ1) is 11.6. The van der Waals surface area contributed by atoms with Gasteiger partial charge in [0, 0.05) is 25.2 Å². The number of carbonyl (C=O) groups excluding carboxylic acids is 1. The smallest absolute Gasteiger partial charge is 0.265 e. The minimum atomic E-state index is -0.633. The van der Waals surface area contributed by atoms with E-state index < -0.39 is 6.10 Å². The lowest BCUT2D eigenvalue weighted by Crippen LogP contribution is -2.52. The van der Waals surface area contributed by atoms with E-state index in [9.17, 15) is 4.79 Å². The first-order valence-corrected chi connectivity index (χ1v) is 8.35. The summed E-state index contributed by atoms with van der Waals surface area (Å²) < 4.78 is 13.8. The Hall–Kier alpha value is -2.50. The molecule has 0 radical (unpaired) electrons. The first kappa shape index (κ1) is 15.1. The predicted molar refractivity (Wildman–Crippen MR) is 88.2 cm³/mol. The van der Waals surface area contributed by atoms with Gasteiger partial charge >= 0.3 is 0 Å². The van der Waals surface area contributed by atoms with Gasteiger partial charge in [0.05, 0.1) is 5.69 Å². The molecular formula is C18H21N3O3. The number of rotatable bonds is 2. The van der Waals surface area contributed by atoms with Crippen molar-refractivity contribution in [1.29, 1.82) is 0 Å². The van der Waals surface area contributed by atoms with Crippen molar-refractivity contribution in [3.63, 3.8) is 0 Å². The fourth-order valence-electron chi connectivity index (χ4n) is 3.39. The largest absolute Gasteiger partial charge is 0.482 e. The van der Waals surface area contributed by atoms with Crippen molar-refractivity contribution in [3.05, 3.63) is 42.0 Å². The maximum Gasteiger partial charge on any atom is 0.265 e. The van der Waals surface area contributed by atoms with E-state index in [4.69, 9.17) is 9.47 Å². The van der Waals surface area contributed by atoms with Gasteiger partial charge in [-0.1, -0.05) is 12.1 Å². The molecule has 1 aromatic carbocycles. The second-order valence-electron chi connectivity index (χ2n) is 6.50. The number of para-hydroxylation sites is 2. The molecule has 3 heterocycles. The second kappa shape index (κ2) is 5.85. The van der Waals surface area contributed by atoms with E-state index in [1.165, 1.54) is 0 Å². The third kappa shape index (κ3) is 2.72. The number of aryl methyl sites for hydroxylation is 2. The van der Waals surface area contributed by atoms with Crippen LogP contribution in [0.5, 0.6) is 11.5 Å². The lowest BCUT2D eigenvalue weighted by Gasteiger charge is -2.33. The molecular weight excluding hydrogens is 306 g/mol. The van der Waals surface area contributed by atoms with Crippen LogP contribution in [0.15, 0.2) is 30.5 Å². The van der Waals surface area contributed by atoms with Gasteiger partial charge in [-0.25, -0.2) is 4.98 Å². The number of carbonyl (C=O) groups is 1. The van der Waals surface area contributed by atoms with Crippen LogP contribution in [0.3, 0.4) is 0 Å². The van der Waals surface area contributed by atoms with Crippen LogP contribution in [-0.2, 0) is 17.8 Å². The fraction of sp³-hybridized carbons (Fsp3) is 0.444. The number of aromatic nitrogens is 2. The normalized spacial score (nSPS) is 25.0. The summed E-state index contributed by atoms with van der Waals surface area (Å²) in [6, 6.07) is 7.53. The van der Waals surface area contributed by atoms with E-state index in [2.05, 4.69) is 14.9 Å². The molecule has 2 aromatic rings. The zero-order chi connectivity index (χ0) is 16.7. The Bertz CT molecular complexity index is 771. The average molecular weight is 327 g/mol. The maximum atomic E-state index is 12.7. The standard InChI is InChI=1S/C18H21N3O3/c1-11-9-21-10-13(7-8-16(21)19-11)20-18(22)17-12(2)23-14-5-3-4-6-15(14)24-17/h3-6,9,12-13,17H,7-8,10H2,1-2H3,(H,20,22)/t12-,13-,17+/m0/s1. The number of hydrogen-bond donors (Lipinski definition) is 1. The summed E-state index contributed by atoms with van der Waals surface area (Å²) in [6.07, 6.45) is 2.84. The Labute approximate surface area is 140 Å². The highest BCUT2D eigenvalue weighted by Gasteiger charge is 2.35. The number of fused-ring (bicyclic) bond motifs is 2. The van der Waals surface area contributed by atoms with Gasteiger partial charge in [0.2, 0.25) is 6.10 Å². The van der Waals surface area contributed by atoms with Gasteiger partial charge in [0.1, 0.15) is 11.9 Å². The number of benzene rings is 1. The van der Waals surface area contributed by atoms with Crippen molar-refractivity contribution in [3.8, 4) is 11.5 Å². The summed E-state index contributed by atoms with van der Waals surface area (Å²) in [4.78, 5) is 17.2. The summed E-state index contributed by atoms with van der Waals surface area (Å²) in [5, 5.41) is 3.11. The molecule has 6 heteroatoms. The molecule has 126 valence electrons. The van der Waals surface area contributed by atoms with Gasteiger partial charge in [-0.05, 0) is 32.4 Å². The molecule has 0 bridgehead atoms. The van der Waals surface area contributed by atoms with Gasteiger partial charge in [0.25, 0.3) is 5.91 Å². The average Bonchev–Trinajstić information content (AvgIpc) is 2.93. The summed E-state index contributed by atoms with van der Waals surface area (Å²) in [7, 11) is 0. The molecule has 0 spiro atoms. The Morgan fingerprint density at radius 1 is 1.29 bits per heavy atom. The number of amides is 1. The van der Waals surface area contributed by atoms with Gasteiger partial charge in [0.15, 0.2) is 11.5 Å². The number of hydrogen-bond acceptors (Lipinski definition) is 4. The summed E-state index contributed by atoms with van der Waals surface area (Å²) in [5.41, 5.74) is 1.02. The third-order valence-corrected chi connectivity index (χ3v) is 4.56. The molecule has 1 amide bonds. The van der Waals surface area contributed by atoms with Gasteiger partial charge in [-0.3, -0.25) is 4.79 Å². The van der Waals surface area contributed by atoms with E-state index in [0.717, 1.165) is 30.9 Å². The Morgan fingerprint density at radius 2 is 2.04 bits per heavy atom. The fourth-order valence-corrected chi connectivity index (χ4v) is 3.39. The predicted octanol–water partition coefficient (Wildman–Crippen LogP) is 1.85. The highest BCUT2D eigenvalue weighted by Crippen LogP contribution is 2.33. The van der Waals surface area contributed by atoms with E-state index in [-0.39, 0.29) is 18.1 Å². The van der Waals surface area contributed by atoms with Gasteiger partial charge < -0.3 is 19.4 Å². The highest BCUT2D eigenvalue weighted by atomic mass is 16.6. The van der Waals surface area contributed by atoms with Crippen LogP contribution in [0.2, 0.25) is 0 Å². The van der Waals surface area contributed by atoms with E-state index >= 15 is 0 Å². The Kier molecular flexibility index (Phi) is 3.67. The molecule has 0 unspecified atom stereocenters. The van der Waals surface area contributed by atoms with E-state index in [1.54, 1.807) is 0 Å². The highest BCUT2D eigenvalue weighted by molar-refractivity contribution is 5.82. The molecule has 0 fully saturated rings. The zero-order valence-corrected chi connectivity index (χ0v) is 13.9. The molecule has 0 aliphatic carbocycles. The van der Waals surface area contributed by atoms with Gasteiger partial charge in [-0.15, -0.1) is 0 Å². The van der Waals surface area contributed by atoms with Crippen molar-refractivity contribution in [2.75, 3.05) is 0 Å². The lowest BCUT2D eigenvalue weighted by molar-refractivity contribution is -0.134. The maximum absolute atomic E-state index is 12.7. The van der Waals surface area contributed by atoms with Crippen LogP contribution in [0.4, 0.5) is 0 Å². The molecule has 1 N–H and O–H groups in total.